The van der Waals surface area contributed by atoms with Crippen molar-refractivity contribution in [3.63, 3.8) is 0 Å². The number of anilines is 1. The molecule has 1 fully saturated rings. The van der Waals surface area contributed by atoms with Crippen molar-refractivity contribution in [2.75, 3.05) is 31.1 Å². The second kappa shape index (κ2) is 7.24. The molecule has 3 rings (SSSR count). The summed E-state index contributed by atoms with van der Waals surface area (Å²) in [5, 5.41) is 10.4. The normalized spacial score (nSPS) is 16.8. The lowest BCUT2D eigenvalue weighted by molar-refractivity contribution is -0.143. The number of aryl methyl sites for hydroxylation is 1. The van der Waals surface area contributed by atoms with E-state index >= 15 is 0 Å². The first-order valence-electron chi connectivity index (χ1n) is 8.08. The van der Waals surface area contributed by atoms with Gasteiger partial charge in [-0.3, -0.25) is 9.69 Å². The second-order valence-electron chi connectivity index (χ2n) is 6.15. The summed E-state index contributed by atoms with van der Waals surface area (Å²) in [7, 11) is 0. The Morgan fingerprint density at radius 3 is 2.12 bits per heavy atom. The van der Waals surface area contributed by atoms with E-state index in [2.05, 4.69) is 4.90 Å². The molecule has 1 aliphatic heterocycles. The van der Waals surface area contributed by atoms with Gasteiger partial charge >= 0.3 is 5.97 Å². The van der Waals surface area contributed by atoms with Gasteiger partial charge in [-0.05, 0) is 36.8 Å². The van der Waals surface area contributed by atoms with E-state index in [-0.39, 0.29) is 0 Å². The van der Waals surface area contributed by atoms with Crippen LogP contribution < -0.4 is 4.90 Å². The van der Waals surface area contributed by atoms with Crippen LogP contribution in [0.3, 0.4) is 0 Å². The molecule has 1 heterocycles. The number of halogens is 1. The quantitative estimate of drug-likeness (QED) is 0.920. The van der Waals surface area contributed by atoms with Crippen molar-refractivity contribution in [1.82, 2.24) is 4.90 Å². The smallest absolute Gasteiger partial charge is 0.325 e. The molecule has 0 radical (unpaired) electrons. The lowest BCUT2D eigenvalue weighted by Gasteiger charge is -2.39. The monoisotopic (exact) mass is 344 g/mol. The van der Waals surface area contributed by atoms with Gasteiger partial charge in [0, 0.05) is 36.9 Å². The largest absolute Gasteiger partial charge is 0.480 e. The molecule has 0 aromatic heterocycles. The third kappa shape index (κ3) is 3.71. The van der Waals surface area contributed by atoms with Crippen LogP contribution in [0, 0.1) is 6.92 Å². The van der Waals surface area contributed by atoms with Crippen LogP contribution in [0.1, 0.15) is 17.2 Å². The fraction of sp³-hybridized carbons (Fsp3) is 0.316. The lowest BCUT2D eigenvalue weighted by atomic mass is 10.0. The van der Waals surface area contributed by atoms with Crippen LogP contribution in [0.5, 0.6) is 0 Å². The van der Waals surface area contributed by atoms with Gasteiger partial charge in [-0.1, -0.05) is 41.4 Å². The Hall–Kier alpha value is -2.04. The van der Waals surface area contributed by atoms with Crippen LogP contribution in [0.4, 0.5) is 5.69 Å². The van der Waals surface area contributed by atoms with Crippen LogP contribution in [0.2, 0.25) is 5.02 Å². The molecule has 2 aromatic rings. The van der Waals surface area contributed by atoms with Gasteiger partial charge in [0.2, 0.25) is 0 Å². The highest BCUT2D eigenvalue weighted by Crippen LogP contribution is 2.25. The maximum absolute atomic E-state index is 11.8. The van der Waals surface area contributed by atoms with Crippen molar-refractivity contribution < 1.29 is 9.90 Å². The van der Waals surface area contributed by atoms with Crippen LogP contribution in [0.15, 0.2) is 48.5 Å². The zero-order valence-electron chi connectivity index (χ0n) is 13.7. The highest BCUT2D eigenvalue weighted by molar-refractivity contribution is 6.30. The number of nitrogens with zero attached hydrogens (tertiary/aromatic N) is 2. The molecule has 0 bridgehead atoms. The number of aliphatic carboxylic acids is 1. The van der Waals surface area contributed by atoms with Crippen molar-refractivity contribution >= 4 is 23.3 Å². The van der Waals surface area contributed by atoms with Gasteiger partial charge < -0.3 is 10.0 Å². The minimum absolute atomic E-state index is 0.585. The number of carboxylic acids is 1. The Labute approximate surface area is 147 Å². The molecule has 4 nitrogen and oxygen atoms in total. The van der Waals surface area contributed by atoms with Gasteiger partial charge in [0.15, 0.2) is 0 Å². The number of hydrogen-bond acceptors (Lipinski definition) is 3. The number of benzene rings is 2. The Morgan fingerprint density at radius 2 is 1.58 bits per heavy atom. The van der Waals surface area contributed by atoms with Crippen molar-refractivity contribution in [3.8, 4) is 0 Å². The summed E-state index contributed by atoms with van der Waals surface area (Å²) in [5.41, 5.74) is 3.10. The first-order valence-corrected chi connectivity index (χ1v) is 8.46. The third-order valence-electron chi connectivity index (χ3n) is 4.50. The zero-order chi connectivity index (χ0) is 17.1. The van der Waals surface area contributed by atoms with Gasteiger partial charge in [-0.15, -0.1) is 0 Å². The standard InChI is InChI=1S/C19H21ClN2O2/c1-14-2-4-15(5-3-14)18(19(23)24)22-12-10-21(11-13-22)17-8-6-16(20)7-9-17/h2-9,18H,10-13H2,1H3,(H,23,24). The molecule has 24 heavy (non-hydrogen) atoms. The van der Waals surface area contributed by atoms with E-state index in [4.69, 9.17) is 11.6 Å². The zero-order valence-corrected chi connectivity index (χ0v) is 14.4. The van der Waals surface area contributed by atoms with E-state index in [1.54, 1.807) is 0 Å². The summed E-state index contributed by atoms with van der Waals surface area (Å²) in [4.78, 5) is 16.1. The predicted molar refractivity (Wildman–Crippen MR) is 96.8 cm³/mol. The van der Waals surface area contributed by atoms with E-state index in [9.17, 15) is 9.90 Å². The molecule has 0 saturated carbocycles. The minimum atomic E-state index is -0.793. The summed E-state index contributed by atoms with van der Waals surface area (Å²) >= 11 is 5.94. The first-order chi connectivity index (χ1) is 11.5. The molecular weight excluding hydrogens is 324 g/mol. The molecule has 1 N–H and O–H groups in total. The molecule has 5 heteroatoms. The lowest BCUT2D eigenvalue weighted by Crippen LogP contribution is -2.49. The average molecular weight is 345 g/mol. The Kier molecular flexibility index (Phi) is 5.07. The summed E-state index contributed by atoms with van der Waals surface area (Å²) in [6, 6.07) is 15.0. The highest BCUT2D eigenvalue weighted by Gasteiger charge is 2.30. The second-order valence-corrected chi connectivity index (χ2v) is 6.59. The molecule has 1 aliphatic rings. The molecular formula is C19H21ClN2O2. The van der Waals surface area contributed by atoms with Gasteiger partial charge in [-0.2, -0.15) is 0 Å². The summed E-state index contributed by atoms with van der Waals surface area (Å²) < 4.78 is 0. The van der Waals surface area contributed by atoms with Crippen molar-refractivity contribution in [3.05, 3.63) is 64.7 Å². The fourth-order valence-corrected chi connectivity index (χ4v) is 3.27. The summed E-state index contributed by atoms with van der Waals surface area (Å²) in [6.07, 6.45) is 0. The molecule has 1 atom stereocenters. The Morgan fingerprint density at radius 1 is 1.00 bits per heavy atom. The minimum Gasteiger partial charge on any atom is -0.480 e. The average Bonchev–Trinajstić information content (AvgIpc) is 2.58. The number of rotatable bonds is 4. The van der Waals surface area contributed by atoms with Crippen LogP contribution >= 0.6 is 11.6 Å². The van der Waals surface area contributed by atoms with Gasteiger partial charge in [0.05, 0.1) is 0 Å². The van der Waals surface area contributed by atoms with Crippen LogP contribution in [0.25, 0.3) is 0 Å². The molecule has 2 aromatic carbocycles. The maximum Gasteiger partial charge on any atom is 0.325 e. The molecule has 126 valence electrons. The predicted octanol–water partition coefficient (Wildman–Crippen LogP) is 3.60. The third-order valence-corrected chi connectivity index (χ3v) is 4.75. The van der Waals surface area contributed by atoms with E-state index in [0.717, 1.165) is 34.9 Å². The van der Waals surface area contributed by atoms with Gasteiger partial charge in [0.1, 0.15) is 6.04 Å². The van der Waals surface area contributed by atoms with Crippen molar-refractivity contribution in [2.45, 2.75) is 13.0 Å². The van der Waals surface area contributed by atoms with Crippen LogP contribution in [-0.4, -0.2) is 42.2 Å². The summed E-state index contributed by atoms with van der Waals surface area (Å²) in [5.74, 6) is -0.793. The van der Waals surface area contributed by atoms with Crippen LogP contribution in [-0.2, 0) is 4.79 Å². The SMILES string of the molecule is Cc1ccc(C(C(=O)O)N2CCN(c3ccc(Cl)cc3)CC2)cc1. The van der Waals surface area contributed by atoms with E-state index in [0.29, 0.717) is 13.1 Å². The van der Waals surface area contributed by atoms with E-state index in [1.807, 2.05) is 60.4 Å². The van der Waals surface area contributed by atoms with Gasteiger partial charge in [0.25, 0.3) is 0 Å². The Bertz CT molecular complexity index is 692. The topological polar surface area (TPSA) is 43.8 Å². The molecule has 0 aliphatic carbocycles. The number of hydrogen-bond donors (Lipinski definition) is 1. The first kappa shape index (κ1) is 16.8. The molecule has 1 unspecified atom stereocenters. The number of carbonyl (C=O) groups is 1. The van der Waals surface area contributed by atoms with Crippen molar-refractivity contribution in [2.24, 2.45) is 0 Å². The van der Waals surface area contributed by atoms with E-state index in [1.165, 1.54) is 0 Å². The fourth-order valence-electron chi connectivity index (χ4n) is 3.15. The maximum atomic E-state index is 11.8. The number of piperazine rings is 1. The number of carboxylic acid groups (broad SMARTS) is 1. The van der Waals surface area contributed by atoms with E-state index < -0.39 is 12.0 Å². The highest BCUT2D eigenvalue weighted by atomic mass is 35.5. The Balaban J connectivity index is 1.70. The molecule has 1 saturated heterocycles. The summed E-state index contributed by atoms with van der Waals surface area (Å²) in [6.45, 7) is 5.04. The van der Waals surface area contributed by atoms with Gasteiger partial charge in [-0.25, -0.2) is 0 Å². The molecule has 0 spiro atoms. The molecule has 0 amide bonds. The van der Waals surface area contributed by atoms with Crippen molar-refractivity contribution in [1.29, 1.82) is 0 Å².